The number of carbonyl (C=O) groups is 1. The van der Waals surface area contributed by atoms with Gasteiger partial charge in [-0.05, 0) is 28.1 Å². The van der Waals surface area contributed by atoms with Crippen molar-refractivity contribution in [1.29, 1.82) is 0 Å². The standard InChI is InChI=1S/C9H8BrFO3/c1-14-8(12)4-5-7(11)3-2-6(10)9(5)13/h2-3,13H,4H2,1H3. The van der Waals surface area contributed by atoms with E-state index in [1.807, 2.05) is 0 Å². The molecule has 1 aromatic rings. The van der Waals surface area contributed by atoms with Gasteiger partial charge in [-0.25, -0.2) is 4.39 Å². The summed E-state index contributed by atoms with van der Waals surface area (Å²) in [5, 5.41) is 9.43. The van der Waals surface area contributed by atoms with Crippen LogP contribution in [0.3, 0.4) is 0 Å². The number of rotatable bonds is 2. The Morgan fingerprint density at radius 2 is 2.29 bits per heavy atom. The van der Waals surface area contributed by atoms with E-state index in [-0.39, 0.29) is 17.7 Å². The van der Waals surface area contributed by atoms with Crippen LogP contribution in [0.1, 0.15) is 5.56 Å². The SMILES string of the molecule is COC(=O)Cc1c(F)ccc(Br)c1O. The number of esters is 1. The summed E-state index contributed by atoms with van der Waals surface area (Å²) in [6, 6.07) is 2.54. The molecule has 0 aromatic heterocycles. The zero-order chi connectivity index (χ0) is 10.7. The second-order valence-electron chi connectivity index (χ2n) is 2.61. The van der Waals surface area contributed by atoms with E-state index >= 15 is 0 Å². The van der Waals surface area contributed by atoms with Crippen molar-refractivity contribution in [3.8, 4) is 5.75 Å². The summed E-state index contributed by atoms with van der Waals surface area (Å²) in [5.74, 6) is -1.50. The number of hydrogen-bond acceptors (Lipinski definition) is 3. The smallest absolute Gasteiger partial charge is 0.310 e. The van der Waals surface area contributed by atoms with Crippen molar-refractivity contribution in [2.24, 2.45) is 0 Å². The summed E-state index contributed by atoms with van der Waals surface area (Å²) in [6.07, 6.45) is -0.284. The van der Waals surface area contributed by atoms with Crippen LogP contribution >= 0.6 is 15.9 Å². The van der Waals surface area contributed by atoms with Crippen LogP contribution in [0, 0.1) is 5.82 Å². The maximum Gasteiger partial charge on any atom is 0.310 e. The van der Waals surface area contributed by atoms with Crippen molar-refractivity contribution in [3.63, 3.8) is 0 Å². The van der Waals surface area contributed by atoms with Crippen molar-refractivity contribution in [1.82, 2.24) is 0 Å². The molecule has 0 saturated heterocycles. The van der Waals surface area contributed by atoms with Gasteiger partial charge in [0.1, 0.15) is 11.6 Å². The number of halogens is 2. The van der Waals surface area contributed by atoms with E-state index in [0.29, 0.717) is 4.47 Å². The average molecular weight is 263 g/mol. The van der Waals surface area contributed by atoms with Gasteiger partial charge in [0.25, 0.3) is 0 Å². The Morgan fingerprint density at radius 3 is 2.86 bits per heavy atom. The summed E-state index contributed by atoms with van der Waals surface area (Å²) in [6.45, 7) is 0. The molecule has 0 heterocycles. The third-order valence-electron chi connectivity index (χ3n) is 1.73. The number of benzene rings is 1. The Labute approximate surface area is 88.6 Å². The lowest BCUT2D eigenvalue weighted by Gasteiger charge is -2.06. The van der Waals surface area contributed by atoms with Crippen LogP contribution < -0.4 is 0 Å². The highest BCUT2D eigenvalue weighted by molar-refractivity contribution is 9.10. The fourth-order valence-corrected chi connectivity index (χ4v) is 1.34. The van der Waals surface area contributed by atoms with E-state index < -0.39 is 11.8 Å². The van der Waals surface area contributed by atoms with E-state index in [9.17, 15) is 14.3 Å². The molecule has 5 heteroatoms. The molecule has 0 atom stereocenters. The van der Waals surface area contributed by atoms with E-state index in [4.69, 9.17) is 0 Å². The molecule has 0 spiro atoms. The normalized spacial score (nSPS) is 9.93. The first-order valence-corrected chi connectivity index (χ1v) is 4.58. The Morgan fingerprint density at radius 1 is 1.64 bits per heavy atom. The number of methoxy groups -OCH3 is 1. The van der Waals surface area contributed by atoms with Gasteiger partial charge in [0, 0.05) is 5.56 Å². The predicted molar refractivity (Wildman–Crippen MR) is 51.5 cm³/mol. The van der Waals surface area contributed by atoms with Crippen LogP contribution in [-0.4, -0.2) is 18.2 Å². The average Bonchev–Trinajstić information content (AvgIpc) is 2.18. The van der Waals surface area contributed by atoms with Gasteiger partial charge in [-0.15, -0.1) is 0 Å². The highest BCUT2D eigenvalue weighted by Gasteiger charge is 2.15. The Hall–Kier alpha value is -1.10. The monoisotopic (exact) mass is 262 g/mol. The zero-order valence-electron chi connectivity index (χ0n) is 7.38. The van der Waals surface area contributed by atoms with Crippen molar-refractivity contribution in [2.45, 2.75) is 6.42 Å². The first-order chi connectivity index (χ1) is 6.56. The summed E-state index contributed by atoms with van der Waals surface area (Å²) < 4.78 is 17.9. The Bertz CT molecular complexity index is 365. The van der Waals surface area contributed by atoms with Gasteiger partial charge in [-0.1, -0.05) is 0 Å². The molecule has 0 amide bonds. The van der Waals surface area contributed by atoms with Crippen molar-refractivity contribution < 1.29 is 19.0 Å². The molecule has 76 valence electrons. The van der Waals surface area contributed by atoms with Crippen molar-refractivity contribution in [3.05, 3.63) is 28.0 Å². The minimum atomic E-state index is -0.629. The molecule has 0 fully saturated rings. The quantitative estimate of drug-likeness (QED) is 0.830. The topological polar surface area (TPSA) is 46.5 Å². The molecule has 0 bridgehead atoms. The van der Waals surface area contributed by atoms with Gasteiger partial charge in [-0.3, -0.25) is 4.79 Å². The molecule has 0 aliphatic heterocycles. The minimum Gasteiger partial charge on any atom is -0.506 e. The minimum absolute atomic E-state index is 0.0637. The molecule has 0 saturated carbocycles. The summed E-state index contributed by atoms with van der Waals surface area (Å²) in [5.41, 5.74) is -0.0637. The van der Waals surface area contributed by atoms with Crippen LogP contribution in [0.5, 0.6) is 5.75 Å². The van der Waals surface area contributed by atoms with Crippen LogP contribution in [-0.2, 0) is 16.0 Å². The van der Waals surface area contributed by atoms with Crippen molar-refractivity contribution >= 4 is 21.9 Å². The number of phenolic OH excluding ortho intramolecular Hbond substituents is 1. The highest BCUT2D eigenvalue weighted by Crippen LogP contribution is 2.30. The summed E-state index contributed by atoms with van der Waals surface area (Å²) >= 11 is 3.02. The molecular weight excluding hydrogens is 255 g/mol. The van der Waals surface area contributed by atoms with Crippen LogP contribution in [0.15, 0.2) is 16.6 Å². The van der Waals surface area contributed by atoms with Gasteiger partial charge >= 0.3 is 5.97 Å². The largest absolute Gasteiger partial charge is 0.506 e. The first kappa shape index (κ1) is 11.0. The third-order valence-corrected chi connectivity index (χ3v) is 2.37. The molecule has 0 aliphatic rings. The summed E-state index contributed by atoms with van der Waals surface area (Å²) in [7, 11) is 1.20. The summed E-state index contributed by atoms with van der Waals surface area (Å²) in [4.78, 5) is 10.9. The zero-order valence-corrected chi connectivity index (χ0v) is 8.97. The van der Waals surface area contributed by atoms with E-state index in [1.165, 1.54) is 19.2 Å². The lowest BCUT2D eigenvalue weighted by molar-refractivity contribution is -0.139. The van der Waals surface area contributed by atoms with E-state index in [0.717, 1.165) is 0 Å². The second kappa shape index (κ2) is 4.41. The molecule has 14 heavy (non-hydrogen) atoms. The fourth-order valence-electron chi connectivity index (χ4n) is 0.968. The third kappa shape index (κ3) is 2.23. The van der Waals surface area contributed by atoms with Gasteiger partial charge in [0.15, 0.2) is 0 Å². The molecular formula is C9H8BrFO3. The molecule has 0 unspecified atom stereocenters. The van der Waals surface area contributed by atoms with Gasteiger partial charge in [0.05, 0.1) is 18.0 Å². The number of hydrogen-bond donors (Lipinski definition) is 1. The molecule has 0 aliphatic carbocycles. The second-order valence-corrected chi connectivity index (χ2v) is 3.46. The lowest BCUT2D eigenvalue weighted by atomic mass is 10.1. The van der Waals surface area contributed by atoms with Crippen LogP contribution in [0.4, 0.5) is 4.39 Å². The lowest BCUT2D eigenvalue weighted by Crippen LogP contribution is -2.06. The molecule has 1 N–H and O–H groups in total. The molecule has 1 rings (SSSR count). The Balaban J connectivity index is 3.06. The molecule has 3 nitrogen and oxygen atoms in total. The Kier molecular flexibility index (Phi) is 3.46. The molecule has 0 radical (unpaired) electrons. The maximum atomic E-state index is 13.1. The fraction of sp³-hybridized carbons (Fsp3) is 0.222. The predicted octanol–water partition coefficient (Wildman–Crippen LogP) is 2.01. The van der Waals surface area contributed by atoms with Gasteiger partial charge in [-0.2, -0.15) is 0 Å². The van der Waals surface area contributed by atoms with Gasteiger partial charge in [0.2, 0.25) is 0 Å². The van der Waals surface area contributed by atoms with E-state index in [1.54, 1.807) is 0 Å². The van der Waals surface area contributed by atoms with Crippen molar-refractivity contribution in [2.75, 3.05) is 7.11 Å². The number of aromatic hydroxyl groups is 1. The number of carbonyl (C=O) groups excluding carboxylic acids is 1. The maximum absolute atomic E-state index is 13.1. The number of ether oxygens (including phenoxy) is 1. The van der Waals surface area contributed by atoms with Crippen LogP contribution in [0.25, 0.3) is 0 Å². The highest BCUT2D eigenvalue weighted by atomic mass is 79.9. The van der Waals surface area contributed by atoms with E-state index in [2.05, 4.69) is 20.7 Å². The first-order valence-electron chi connectivity index (χ1n) is 3.79. The molecule has 1 aromatic carbocycles. The van der Waals surface area contributed by atoms with Crippen LogP contribution in [0.2, 0.25) is 0 Å². The number of phenols is 1. The van der Waals surface area contributed by atoms with Gasteiger partial charge < -0.3 is 9.84 Å².